The van der Waals surface area contributed by atoms with Gasteiger partial charge in [0, 0.05) is 12.2 Å². The Morgan fingerprint density at radius 3 is 2.37 bits per heavy atom. The number of ether oxygens (including phenoxy) is 1. The van der Waals surface area contributed by atoms with Crippen LogP contribution in [0.5, 0.6) is 0 Å². The molecule has 0 saturated carbocycles. The van der Waals surface area contributed by atoms with Crippen LogP contribution in [0, 0.1) is 0 Å². The largest absolute Gasteiger partial charge is 0.443 e. The maximum Gasteiger partial charge on any atom is 0.416 e. The van der Waals surface area contributed by atoms with Crippen molar-refractivity contribution in [1.29, 1.82) is 0 Å². The fourth-order valence-corrected chi connectivity index (χ4v) is 1.44. The molecule has 2 amide bonds. The summed E-state index contributed by atoms with van der Waals surface area (Å²) in [6, 6.07) is 7.31. The Morgan fingerprint density at radius 2 is 1.89 bits per heavy atom. The van der Waals surface area contributed by atoms with Gasteiger partial charge in [0.1, 0.15) is 5.60 Å². The minimum absolute atomic E-state index is 0.280. The SMILES string of the molecule is CC(C)(C)OC(=O)N(C=O)CCc1ccc(N)cc1. The van der Waals surface area contributed by atoms with Gasteiger partial charge in [0.05, 0.1) is 0 Å². The molecule has 0 unspecified atom stereocenters. The van der Waals surface area contributed by atoms with Gasteiger partial charge in [-0.1, -0.05) is 12.1 Å². The third kappa shape index (κ3) is 5.42. The molecule has 0 bridgehead atoms. The van der Waals surface area contributed by atoms with Gasteiger partial charge in [-0.05, 0) is 44.9 Å². The molecule has 0 radical (unpaired) electrons. The number of hydrogen-bond donors (Lipinski definition) is 1. The number of amides is 2. The highest BCUT2D eigenvalue weighted by molar-refractivity contribution is 5.80. The molecule has 1 aromatic carbocycles. The van der Waals surface area contributed by atoms with E-state index in [4.69, 9.17) is 10.5 Å². The van der Waals surface area contributed by atoms with Crippen molar-refractivity contribution in [1.82, 2.24) is 4.90 Å². The van der Waals surface area contributed by atoms with Crippen LogP contribution in [-0.4, -0.2) is 29.5 Å². The van der Waals surface area contributed by atoms with Gasteiger partial charge in [0.15, 0.2) is 0 Å². The second kappa shape index (κ2) is 6.22. The van der Waals surface area contributed by atoms with E-state index in [1.165, 1.54) is 0 Å². The van der Waals surface area contributed by atoms with E-state index in [0.29, 0.717) is 18.5 Å². The highest BCUT2D eigenvalue weighted by Crippen LogP contribution is 2.10. The van der Waals surface area contributed by atoms with Gasteiger partial charge < -0.3 is 10.5 Å². The standard InChI is InChI=1S/C14H20N2O3/c1-14(2,3)19-13(18)16(10-17)9-8-11-4-6-12(15)7-5-11/h4-7,10H,8-9,15H2,1-3H3. The van der Waals surface area contributed by atoms with Gasteiger partial charge >= 0.3 is 6.09 Å². The van der Waals surface area contributed by atoms with Crippen molar-refractivity contribution < 1.29 is 14.3 Å². The number of nitrogen functional groups attached to an aromatic ring is 1. The van der Waals surface area contributed by atoms with E-state index in [1.807, 2.05) is 12.1 Å². The van der Waals surface area contributed by atoms with Gasteiger partial charge in [-0.25, -0.2) is 9.69 Å². The molecule has 0 aromatic heterocycles. The smallest absolute Gasteiger partial charge is 0.416 e. The lowest BCUT2D eigenvalue weighted by Gasteiger charge is -2.23. The quantitative estimate of drug-likeness (QED) is 0.668. The minimum atomic E-state index is -0.627. The van der Waals surface area contributed by atoms with E-state index in [1.54, 1.807) is 32.9 Å². The lowest BCUT2D eigenvalue weighted by Crippen LogP contribution is -2.37. The number of rotatable bonds is 4. The second-order valence-corrected chi connectivity index (χ2v) is 5.27. The van der Waals surface area contributed by atoms with E-state index in [2.05, 4.69) is 0 Å². The Morgan fingerprint density at radius 1 is 1.32 bits per heavy atom. The Bertz CT molecular complexity index is 435. The van der Waals surface area contributed by atoms with Crippen molar-refractivity contribution in [3.8, 4) is 0 Å². The molecular weight excluding hydrogens is 244 g/mol. The topological polar surface area (TPSA) is 72.6 Å². The molecule has 0 aliphatic heterocycles. The van der Waals surface area contributed by atoms with Crippen molar-refractivity contribution >= 4 is 18.2 Å². The molecular formula is C14H20N2O3. The van der Waals surface area contributed by atoms with E-state index in [0.717, 1.165) is 10.5 Å². The molecule has 0 heterocycles. The summed E-state index contributed by atoms with van der Waals surface area (Å²) >= 11 is 0. The molecule has 0 saturated heterocycles. The Hall–Kier alpha value is -2.04. The Balaban J connectivity index is 2.55. The molecule has 2 N–H and O–H groups in total. The summed E-state index contributed by atoms with van der Waals surface area (Å²) < 4.78 is 5.13. The number of carbonyl (C=O) groups is 2. The summed E-state index contributed by atoms with van der Waals surface area (Å²) in [6.45, 7) is 5.55. The summed E-state index contributed by atoms with van der Waals surface area (Å²) in [4.78, 5) is 23.7. The molecule has 1 aromatic rings. The number of nitrogens with two attached hydrogens (primary N) is 1. The lowest BCUT2D eigenvalue weighted by atomic mass is 10.1. The van der Waals surface area contributed by atoms with Crippen molar-refractivity contribution in [3.63, 3.8) is 0 Å². The monoisotopic (exact) mass is 264 g/mol. The van der Waals surface area contributed by atoms with Crippen molar-refractivity contribution in [2.75, 3.05) is 12.3 Å². The van der Waals surface area contributed by atoms with Crippen LogP contribution < -0.4 is 5.73 Å². The van der Waals surface area contributed by atoms with Crippen LogP contribution in [0.25, 0.3) is 0 Å². The second-order valence-electron chi connectivity index (χ2n) is 5.27. The van der Waals surface area contributed by atoms with E-state index in [9.17, 15) is 9.59 Å². The fourth-order valence-electron chi connectivity index (χ4n) is 1.44. The Kier molecular flexibility index (Phi) is 4.92. The van der Waals surface area contributed by atoms with Crippen molar-refractivity contribution in [3.05, 3.63) is 29.8 Å². The number of nitrogens with zero attached hydrogens (tertiary/aromatic N) is 1. The van der Waals surface area contributed by atoms with Crippen LogP contribution in [0.2, 0.25) is 0 Å². The number of anilines is 1. The van der Waals surface area contributed by atoms with Gasteiger partial charge in [0.2, 0.25) is 6.41 Å². The highest BCUT2D eigenvalue weighted by Gasteiger charge is 2.21. The summed E-state index contributed by atoms with van der Waals surface area (Å²) in [5.41, 5.74) is 6.66. The summed E-state index contributed by atoms with van der Waals surface area (Å²) in [7, 11) is 0. The van der Waals surface area contributed by atoms with Gasteiger partial charge in [-0.15, -0.1) is 0 Å². The van der Waals surface area contributed by atoms with Crippen LogP contribution in [0.1, 0.15) is 26.3 Å². The zero-order valence-corrected chi connectivity index (χ0v) is 11.6. The van der Waals surface area contributed by atoms with E-state index >= 15 is 0 Å². The van der Waals surface area contributed by atoms with Crippen molar-refractivity contribution in [2.24, 2.45) is 0 Å². The maximum atomic E-state index is 11.7. The summed E-state index contributed by atoms with van der Waals surface area (Å²) in [5.74, 6) is 0. The van der Waals surface area contributed by atoms with Crippen LogP contribution in [0.15, 0.2) is 24.3 Å². The summed E-state index contributed by atoms with van der Waals surface area (Å²) in [6.07, 6.45) is 0.432. The fraction of sp³-hybridized carbons (Fsp3) is 0.429. The normalized spacial score (nSPS) is 10.9. The number of carbonyl (C=O) groups excluding carboxylic acids is 2. The van der Waals surface area contributed by atoms with E-state index < -0.39 is 11.7 Å². The number of imide groups is 1. The molecule has 5 nitrogen and oxygen atoms in total. The maximum absolute atomic E-state index is 11.7. The van der Waals surface area contributed by atoms with Gasteiger partial charge in [-0.2, -0.15) is 0 Å². The Labute approximate surface area is 113 Å². The zero-order valence-electron chi connectivity index (χ0n) is 11.6. The average molecular weight is 264 g/mol. The molecule has 1 rings (SSSR count). The summed E-state index contributed by atoms with van der Waals surface area (Å²) in [5, 5.41) is 0. The third-order valence-corrected chi connectivity index (χ3v) is 2.38. The molecule has 0 aliphatic carbocycles. The first-order chi connectivity index (χ1) is 8.81. The number of hydrogen-bond acceptors (Lipinski definition) is 4. The third-order valence-electron chi connectivity index (χ3n) is 2.38. The lowest BCUT2D eigenvalue weighted by molar-refractivity contribution is -0.117. The predicted octanol–water partition coefficient (Wildman–Crippen LogP) is 2.20. The van der Waals surface area contributed by atoms with Crippen LogP contribution in [0.4, 0.5) is 10.5 Å². The van der Waals surface area contributed by atoms with Crippen LogP contribution in [0.3, 0.4) is 0 Å². The highest BCUT2D eigenvalue weighted by atomic mass is 16.6. The van der Waals surface area contributed by atoms with Crippen LogP contribution in [-0.2, 0) is 16.0 Å². The minimum Gasteiger partial charge on any atom is -0.443 e. The molecule has 0 atom stereocenters. The molecule has 5 heteroatoms. The number of benzene rings is 1. The zero-order chi connectivity index (χ0) is 14.5. The predicted molar refractivity (Wildman–Crippen MR) is 73.6 cm³/mol. The molecule has 19 heavy (non-hydrogen) atoms. The first-order valence-corrected chi connectivity index (χ1v) is 6.11. The molecule has 104 valence electrons. The van der Waals surface area contributed by atoms with E-state index in [-0.39, 0.29) is 6.54 Å². The average Bonchev–Trinajstić information content (AvgIpc) is 2.30. The molecule has 0 aliphatic rings. The van der Waals surface area contributed by atoms with Gasteiger partial charge in [-0.3, -0.25) is 4.79 Å². The van der Waals surface area contributed by atoms with Crippen LogP contribution >= 0.6 is 0 Å². The first-order valence-electron chi connectivity index (χ1n) is 6.11. The van der Waals surface area contributed by atoms with Crippen molar-refractivity contribution in [2.45, 2.75) is 32.8 Å². The van der Waals surface area contributed by atoms with Gasteiger partial charge in [0.25, 0.3) is 0 Å². The first kappa shape index (κ1) is 15.0. The molecule has 0 spiro atoms. The molecule has 0 fully saturated rings.